The summed E-state index contributed by atoms with van der Waals surface area (Å²) in [6, 6.07) is 5.22. The number of methoxy groups -OCH3 is 4. The number of aliphatic hydroxyl groups is 1. The molecule has 0 spiro atoms. The maximum absolute atomic E-state index is 10.6. The maximum Gasteiger partial charge on any atom is 0.132 e. The average Bonchev–Trinajstić information content (AvgIpc) is 3.01. The van der Waals surface area contributed by atoms with Gasteiger partial charge in [0.1, 0.15) is 29.1 Å². The van der Waals surface area contributed by atoms with Crippen LogP contribution in [0.25, 0.3) is 0 Å². The molecule has 0 aliphatic rings. The Balaban J connectivity index is 2.50. The summed E-state index contributed by atoms with van der Waals surface area (Å²) in [5.74, 6) is 2.32. The van der Waals surface area contributed by atoms with E-state index in [1.165, 1.54) is 11.3 Å². The van der Waals surface area contributed by atoms with E-state index in [1.54, 1.807) is 46.6 Å². The molecule has 1 atom stereocenters. The van der Waals surface area contributed by atoms with Gasteiger partial charge in [0.25, 0.3) is 0 Å². The van der Waals surface area contributed by atoms with Gasteiger partial charge in [0.2, 0.25) is 0 Å². The molecule has 1 aromatic carbocycles. The molecule has 5 nitrogen and oxygen atoms in total. The topological polar surface area (TPSA) is 57.2 Å². The first-order valence-corrected chi connectivity index (χ1v) is 7.13. The first-order chi connectivity index (χ1) is 10.1. The number of hydrogen-bond acceptors (Lipinski definition) is 6. The molecule has 6 heteroatoms. The second-order valence-corrected chi connectivity index (χ2v) is 5.18. The second kappa shape index (κ2) is 6.69. The number of rotatable bonds is 6. The smallest absolute Gasteiger partial charge is 0.132 e. The van der Waals surface area contributed by atoms with Crippen molar-refractivity contribution < 1.29 is 24.1 Å². The van der Waals surface area contributed by atoms with Gasteiger partial charge in [-0.2, -0.15) is 0 Å². The Bertz CT molecular complexity index is 583. The third-order valence-corrected chi connectivity index (χ3v) is 4.09. The number of aliphatic hydroxyl groups excluding tert-OH is 1. The Kier molecular flexibility index (Phi) is 4.93. The summed E-state index contributed by atoms with van der Waals surface area (Å²) < 4.78 is 21.1. The van der Waals surface area contributed by atoms with Crippen LogP contribution in [0.3, 0.4) is 0 Å². The quantitative estimate of drug-likeness (QED) is 0.889. The van der Waals surface area contributed by atoms with Gasteiger partial charge >= 0.3 is 0 Å². The van der Waals surface area contributed by atoms with Crippen LogP contribution in [0.1, 0.15) is 16.5 Å². The zero-order valence-corrected chi connectivity index (χ0v) is 13.2. The molecule has 1 aromatic heterocycles. The normalized spacial score (nSPS) is 11.9. The molecular weight excluding hydrogens is 292 g/mol. The summed E-state index contributed by atoms with van der Waals surface area (Å²) in [5, 5.41) is 12.5. The zero-order valence-electron chi connectivity index (χ0n) is 12.4. The highest BCUT2D eigenvalue weighted by Gasteiger charge is 2.23. The van der Waals surface area contributed by atoms with E-state index in [9.17, 15) is 5.11 Å². The van der Waals surface area contributed by atoms with E-state index in [-0.39, 0.29) is 0 Å². The lowest BCUT2D eigenvalue weighted by Crippen LogP contribution is -2.04. The highest BCUT2D eigenvalue weighted by Crippen LogP contribution is 2.42. The van der Waals surface area contributed by atoms with Gasteiger partial charge in [-0.3, -0.25) is 0 Å². The van der Waals surface area contributed by atoms with Gasteiger partial charge in [-0.25, -0.2) is 0 Å². The van der Waals surface area contributed by atoms with Crippen LogP contribution < -0.4 is 18.9 Å². The van der Waals surface area contributed by atoms with Crippen molar-refractivity contribution in [3.8, 4) is 23.0 Å². The molecule has 0 bridgehead atoms. The Morgan fingerprint density at radius 1 is 0.857 bits per heavy atom. The summed E-state index contributed by atoms with van der Waals surface area (Å²) in [7, 11) is 6.24. The Hall–Kier alpha value is -1.92. The van der Waals surface area contributed by atoms with Gasteiger partial charge in [-0.1, -0.05) is 0 Å². The molecular formula is C15H18O5S. The molecule has 1 heterocycles. The Morgan fingerprint density at radius 2 is 1.43 bits per heavy atom. The molecule has 2 rings (SSSR count). The van der Waals surface area contributed by atoms with Gasteiger partial charge in [-0.15, -0.1) is 11.3 Å². The fraction of sp³-hybridized carbons (Fsp3) is 0.333. The molecule has 0 saturated heterocycles. The number of ether oxygens (including phenoxy) is 4. The van der Waals surface area contributed by atoms with E-state index in [2.05, 4.69) is 0 Å². The molecule has 2 aromatic rings. The first-order valence-electron chi connectivity index (χ1n) is 6.25. The van der Waals surface area contributed by atoms with Crippen LogP contribution in [0.15, 0.2) is 23.6 Å². The van der Waals surface area contributed by atoms with Crippen molar-refractivity contribution in [3.63, 3.8) is 0 Å². The molecule has 21 heavy (non-hydrogen) atoms. The van der Waals surface area contributed by atoms with E-state index in [0.717, 1.165) is 4.88 Å². The van der Waals surface area contributed by atoms with Crippen LogP contribution in [0.5, 0.6) is 23.0 Å². The average molecular weight is 310 g/mol. The van der Waals surface area contributed by atoms with Crippen LogP contribution in [-0.2, 0) is 0 Å². The Morgan fingerprint density at radius 3 is 1.86 bits per heavy atom. The minimum absolute atomic E-state index is 0.506. The SMILES string of the molecule is COc1csc(C(O)c2c(OC)cc(OC)cc2OC)c1. The van der Waals surface area contributed by atoms with Crippen LogP contribution in [0.2, 0.25) is 0 Å². The summed E-state index contributed by atoms with van der Waals surface area (Å²) in [5.41, 5.74) is 0.560. The van der Waals surface area contributed by atoms with E-state index < -0.39 is 6.10 Å². The van der Waals surface area contributed by atoms with Crippen LogP contribution >= 0.6 is 11.3 Å². The molecule has 114 valence electrons. The molecule has 0 saturated carbocycles. The molecule has 0 amide bonds. The van der Waals surface area contributed by atoms with Crippen molar-refractivity contribution in [3.05, 3.63) is 34.0 Å². The van der Waals surface area contributed by atoms with E-state index >= 15 is 0 Å². The lowest BCUT2D eigenvalue weighted by atomic mass is 10.0. The lowest BCUT2D eigenvalue weighted by Gasteiger charge is -2.18. The molecule has 1 unspecified atom stereocenters. The fourth-order valence-electron chi connectivity index (χ4n) is 2.03. The standard InChI is InChI=1S/C15H18O5S/c1-17-9-5-11(19-3)14(12(6-9)20-4)15(16)13-7-10(18-2)8-21-13/h5-8,15-16H,1-4H3. The molecule has 0 aliphatic carbocycles. The van der Waals surface area contributed by atoms with E-state index in [4.69, 9.17) is 18.9 Å². The number of hydrogen-bond donors (Lipinski definition) is 1. The summed E-state index contributed by atoms with van der Waals surface area (Å²) in [6.07, 6.45) is -0.866. The van der Waals surface area contributed by atoms with Crippen molar-refractivity contribution in [2.45, 2.75) is 6.10 Å². The van der Waals surface area contributed by atoms with Gasteiger partial charge in [-0.05, 0) is 6.07 Å². The third kappa shape index (κ3) is 3.06. The number of thiophene rings is 1. The van der Waals surface area contributed by atoms with Gasteiger partial charge in [0.05, 0.1) is 34.0 Å². The highest BCUT2D eigenvalue weighted by atomic mass is 32.1. The van der Waals surface area contributed by atoms with Crippen LogP contribution in [0.4, 0.5) is 0 Å². The van der Waals surface area contributed by atoms with Gasteiger partial charge < -0.3 is 24.1 Å². The summed E-state index contributed by atoms with van der Waals surface area (Å²) >= 11 is 1.41. The Labute approximate surface area is 127 Å². The molecule has 0 radical (unpaired) electrons. The van der Waals surface area contributed by atoms with Crippen LogP contribution in [0, 0.1) is 0 Å². The monoisotopic (exact) mass is 310 g/mol. The summed E-state index contributed by atoms with van der Waals surface area (Å²) in [4.78, 5) is 0.744. The van der Waals surface area contributed by atoms with Gasteiger partial charge in [0.15, 0.2) is 0 Å². The minimum atomic E-state index is -0.866. The van der Waals surface area contributed by atoms with Crippen molar-refractivity contribution in [1.82, 2.24) is 0 Å². The third-order valence-electron chi connectivity index (χ3n) is 3.13. The molecule has 1 N–H and O–H groups in total. The lowest BCUT2D eigenvalue weighted by molar-refractivity contribution is 0.211. The van der Waals surface area contributed by atoms with E-state index in [1.807, 2.05) is 5.38 Å². The zero-order chi connectivity index (χ0) is 15.4. The van der Waals surface area contributed by atoms with Crippen molar-refractivity contribution in [2.24, 2.45) is 0 Å². The largest absolute Gasteiger partial charge is 0.496 e. The van der Waals surface area contributed by atoms with Crippen molar-refractivity contribution in [2.75, 3.05) is 28.4 Å². The molecule has 0 fully saturated rings. The maximum atomic E-state index is 10.6. The fourth-order valence-corrected chi connectivity index (χ4v) is 2.88. The first kappa shape index (κ1) is 15.5. The second-order valence-electron chi connectivity index (χ2n) is 4.24. The predicted octanol–water partition coefficient (Wildman–Crippen LogP) is 2.86. The van der Waals surface area contributed by atoms with Crippen molar-refractivity contribution in [1.29, 1.82) is 0 Å². The number of benzene rings is 1. The van der Waals surface area contributed by atoms with Gasteiger partial charge in [0, 0.05) is 22.4 Å². The van der Waals surface area contributed by atoms with Crippen LogP contribution in [-0.4, -0.2) is 33.5 Å². The summed E-state index contributed by atoms with van der Waals surface area (Å²) in [6.45, 7) is 0. The van der Waals surface area contributed by atoms with Crippen molar-refractivity contribution >= 4 is 11.3 Å². The van der Waals surface area contributed by atoms with E-state index in [0.29, 0.717) is 28.6 Å². The highest BCUT2D eigenvalue weighted by molar-refractivity contribution is 7.10. The predicted molar refractivity (Wildman–Crippen MR) is 81.0 cm³/mol. The molecule has 0 aliphatic heterocycles. The minimum Gasteiger partial charge on any atom is -0.496 e.